The van der Waals surface area contributed by atoms with Crippen LogP contribution in [0.25, 0.3) is 16.5 Å². The second-order valence-corrected chi connectivity index (χ2v) is 6.29. The smallest absolute Gasteiger partial charge is 0.0572 e. The second kappa shape index (κ2) is 3.87. The van der Waals surface area contributed by atoms with Crippen molar-refractivity contribution in [2.45, 2.75) is 19.5 Å². The Bertz CT molecular complexity index is 698. The van der Waals surface area contributed by atoms with Gasteiger partial charge in [-0.25, -0.2) is 0 Å². The summed E-state index contributed by atoms with van der Waals surface area (Å²) in [6.07, 6.45) is 4.62. The standard InChI is InChI=1S/C16H17ClN2/c1-10-7-13-11-3-4-14(17)12-5-6-19(16(11)12)9-15(13)18(2)8-10/h3-7,10,15H,8-9H2,1-2H3/t10-,15?/m1/s1. The SMILES string of the molecule is C[C@@H]1C=C2c3ccc(Cl)c4ccn(c34)CC2N(C)C1. The molecule has 2 aliphatic heterocycles. The molecular weight excluding hydrogens is 256 g/mol. The Morgan fingerprint density at radius 1 is 1.21 bits per heavy atom. The third kappa shape index (κ3) is 1.53. The molecule has 1 aromatic heterocycles. The molecule has 3 heteroatoms. The van der Waals surface area contributed by atoms with E-state index in [1.807, 2.05) is 6.07 Å². The van der Waals surface area contributed by atoms with Gasteiger partial charge in [0.2, 0.25) is 0 Å². The number of hydrogen-bond donors (Lipinski definition) is 0. The molecule has 2 nitrogen and oxygen atoms in total. The summed E-state index contributed by atoms with van der Waals surface area (Å²) in [5, 5.41) is 2.04. The zero-order valence-electron chi connectivity index (χ0n) is 11.2. The first kappa shape index (κ1) is 11.6. The van der Waals surface area contributed by atoms with Gasteiger partial charge in [0.25, 0.3) is 0 Å². The fourth-order valence-electron chi connectivity index (χ4n) is 3.66. The highest BCUT2D eigenvalue weighted by Gasteiger charge is 2.32. The number of likely N-dealkylation sites (N-methyl/N-ethyl adjacent to an activating group) is 1. The molecule has 19 heavy (non-hydrogen) atoms. The summed E-state index contributed by atoms with van der Waals surface area (Å²) < 4.78 is 2.35. The summed E-state index contributed by atoms with van der Waals surface area (Å²) in [4.78, 5) is 2.48. The van der Waals surface area contributed by atoms with E-state index in [4.69, 9.17) is 11.6 Å². The number of nitrogens with zero attached hydrogens (tertiary/aromatic N) is 2. The van der Waals surface area contributed by atoms with Gasteiger partial charge in [-0.3, -0.25) is 4.90 Å². The van der Waals surface area contributed by atoms with Crippen LogP contribution in [0.1, 0.15) is 12.5 Å². The largest absolute Gasteiger partial charge is 0.345 e. The summed E-state index contributed by atoms with van der Waals surface area (Å²) in [7, 11) is 2.23. The van der Waals surface area contributed by atoms with E-state index in [0.717, 1.165) is 18.1 Å². The zero-order valence-corrected chi connectivity index (χ0v) is 12.0. The van der Waals surface area contributed by atoms with Crippen LogP contribution in [-0.2, 0) is 6.54 Å². The number of benzene rings is 1. The maximum Gasteiger partial charge on any atom is 0.0572 e. The molecule has 0 N–H and O–H groups in total. The summed E-state index contributed by atoms with van der Waals surface area (Å²) in [6.45, 7) is 4.47. The van der Waals surface area contributed by atoms with Crippen LogP contribution < -0.4 is 0 Å². The van der Waals surface area contributed by atoms with E-state index in [2.05, 4.69) is 47.8 Å². The van der Waals surface area contributed by atoms with Crippen molar-refractivity contribution in [3.05, 3.63) is 41.1 Å². The average molecular weight is 273 g/mol. The Morgan fingerprint density at radius 2 is 2.05 bits per heavy atom. The summed E-state index contributed by atoms with van der Waals surface area (Å²) >= 11 is 6.31. The van der Waals surface area contributed by atoms with Crippen LogP contribution in [0.3, 0.4) is 0 Å². The third-order valence-electron chi connectivity index (χ3n) is 4.48. The zero-order chi connectivity index (χ0) is 13.1. The maximum atomic E-state index is 6.31. The number of rotatable bonds is 0. The van der Waals surface area contributed by atoms with Crippen LogP contribution in [0.2, 0.25) is 5.02 Å². The Balaban J connectivity index is 2.03. The molecule has 4 rings (SSSR count). The highest BCUT2D eigenvalue weighted by atomic mass is 35.5. The molecular formula is C16H17ClN2. The van der Waals surface area contributed by atoms with Crippen molar-refractivity contribution in [2.75, 3.05) is 13.6 Å². The fourth-order valence-corrected chi connectivity index (χ4v) is 3.87. The van der Waals surface area contributed by atoms with Crippen molar-refractivity contribution in [3.63, 3.8) is 0 Å². The van der Waals surface area contributed by atoms with E-state index in [0.29, 0.717) is 12.0 Å². The molecule has 0 aliphatic carbocycles. The van der Waals surface area contributed by atoms with E-state index in [1.54, 1.807) is 0 Å². The molecule has 2 aliphatic rings. The summed E-state index contributed by atoms with van der Waals surface area (Å²) in [5.41, 5.74) is 4.14. The lowest BCUT2D eigenvalue weighted by Gasteiger charge is -2.39. The van der Waals surface area contributed by atoms with E-state index >= 15 is 0 Å². The summed E-state index contributed by atoms with van der Waals surface area (Å²) in [5.74, 6) is 0.614. The second-order valence-electron chi connectivity index (χ2n) is 5.88. The van der Waals surface area contributed by atoms with Gasteiger partial charge in [0.1, 0.15) is 0 Å². The lowest BCUT2D eigenvalue weighted by atomic mass is 9.86. The number of aromatic nitrogens is 1. The number of hydrogen-bond acceptors (Lipinski definition) is 1. The normalized spacial score (nSPS) is 26.4. The molecule has 1 aromatic carbocycles. The van der Waals surface area contributed by atoms with Crippen molar-refractivity contribution in [1.82, 2.24) is 9.47 Å². The van der Waals surface area contributed by atoms with Gasteiger partial charge in [0, 0.05) is 35.3 Å². The molecule has 0 saturated heterocycles. The molecule has 0 bridgehead atoms. The van der Waals surface area contributed by atoms with Crippen molar-refractivity contribution in [3.8, 4) is 0 Å². The van der Waals surface area contributed by atoms with Crippen molar-refractivity contribution in [1.29, 1.82) is 0 Å². The minimum Gasteiger partial charge on any atom is -0.345 e. The highest BCUT2D eigenvalue weighted by molar-refractivity contribution is 6.35. The maximum absolute atomic E-state index is 6.31. The van der Waals surface area contributed by atoms with Gasteiger partial charge < -0.3 is 4.57 Å². The Hall–Kier alpha value is -1.25. The molecule has 1 unspecified atom stereocenters. The van der Waals surface area contributed by atoms with Crippen molar-refractivity contribution < 1.29 is 0 Å². The number of fused-ring (bicyclic) bond motifs is 2. The molecule has 3 heterocycles. The topological polar surface area (TPSA) is 8.17 Å². The molecule has 2 aromatic rings. The lowest BCUT2D eigenvalue weighted by Crippen LogP contribution is -2.43. The first-order valence-corrected chi connectivity index (χ1v) is 7.22. The third-order valence-corrected chi connectivity index (χ3v) is 4.81. The van der Waals surface area contributed by atoms with Crippen LogP contribution in [0.5, 0.6) is 0 Å². The van der Waals surface area contributed by atoms with Gasteiger partial charge >= 0.3 is 0 Å². The molecule has 0 radical (unpaired) electrons. The highest BCUT2D eigenvalue weighted by Crippen LogP contribution is 2.40. The van der Waals surface area contributed by atoms with Gasteiger partial charge in [-0.2, -0.15) is 0 Å². The lowest BCUT2D eigenvalue weighted by molar-refractivity contribution is 0.234. The summed E-state index contributed by atoms with van der Waals surface area (Å²) in [6, 6.07) is 6.86. The van der Waals surface area contributed by atoms with Gasteiger partial charge in [0.05, 0.1) is 11.6 Å². The van der Waals surface area contributed by atoms with Crippen LogP contribution in [0.4, 0.5) is 0 Å². The van der Waals surface area contributed by atoms with Gasteiger partial charge in [-0.1, -0.05) is 30.7 Å². The van der Waals surface area contributed by atoms with Gasteiger partial charge in [-0.15, -0.1) is 0 Å². The Kier molecular flexibility index (Phi) is 2.36. The Morgan fingerprint density at radius 3 is 2.89 bits per heavy atom. The molecule has 98 valence electrons. The average Bonchev–Trinajstić information content (AvgIpc) is 2.79. The van der Waals surface area contributed by atoms with Crippen LogP contribution in [0, 0.1) is 5.92 Å². The van der Waals surface area contributed by atoms with E-state index < -0.39 is 0 Å². The first-order valence-electron chi connectivity index (χ1n) is 6.85. The van der Waals surface area contributed by atoms with E-state index in [9.17, 15) is 0 Å². The van der Waals surface area contributed by atoms with Crippen molar-refractivity contribution in [2.24, 2.45) is 5.92 Å². The quantitative estimate of drug-likeness (QED) is 0.711. The predicted octanol–water partition coefficient (Wildman–Crippen LogP) is 3.64. The van der Waals surface area contributed by atoms with Gasteiger partial charge in [-0.05, 0) is 30.7 Å². The minimum atomic E-state index is 0.500. The van der Waals surface area contributed by atoms with Crippen LogP contribution >= 0.6 is 11.6 Å². The van der Waals surface area contributed by atoms with E-state index in [1.165, 1.54) is 22.0 Å². The monoisotopic (exact) mass is 272 g/mol. The van der Waals surface area contributed by atoms with Crippen LogP contribution in [-0.4, -0.2) is 29.1 Å². The number of halogens is 1. The van der Waals surface area contributed by atoms with Crippen LogP contribution in [0.15, 0.2) is 30.5 Å². The molecule has 0 amide bonds. The Labute approximate surface area is 118 Å². The molecule has 0 fully saturated rings. The fraction of sp³-hybridized carbons (Fsp3) is 0.375. The molecule has 0 spiro atoms. The predicted molar refractivity (Wildman–Crippen MR) is 80.5 cm³/mol. The van der Waals surface area contributed by atoms with Gasteiger partial charge in [0.15, 0.2) is 0 Å². The molecule has 2 atom stereocenters. The molecule has 0 saturated carbocycles. The van der Waals surface area contributed by atoms with E-state index in [-0.39, 0.29) is 0 Å². The first-order chi connectivity index (χ1) is 9.15. The minimum absolute atomic E-state index is 0.500. The van der Waals surface area contributed by atoms with Crippen molar-refractivity contribution >= 4 is 28.1 Å².